The number of nitrogens with zero attached hydrogens (tertiary/aromatic N) is 5. The van der Waals surface area contributed by atoms with Crippen molar-refractivity contribution in [2.45, 2.75) is 31.8 Å². The molecule has 2 unspecified atom stereocenters. The Bertz CT molecular complexity index is 780. The van der Waals surface area contributed by atoms with Gasteiger partial charge in [0.25, 0.3) is 5.91 Å². The summed E-state index contributed by atoms with van der Waals surface area (Å²) in [6, 6.07) is -0.0969. The molecule has 2 aliphatic heterocycles. The number of anilines is 1. The molecule has 0 spiro atoms. The van der Waals surface area contributed by atoms with Crippen LogP contribution < -0.4 is 4.90 Å². The van der Waals surface area contributed by atoms with E-state index in [2.05, 4.69) is 10.3 Å². The van der Waals surface area contributed by atoms with E-state index in [-0.39, 0.29) is 23.9 Å². The number of aromatic nitrogens is 3. The van der Waals surface area contributed by atoms with Crippen LogP contribution in [0.4, 0.5) is 5.69 Å². The average Bonchev–Trinajstić information content (AvgIpc) is 3.24. The number of likely N-dealkylation sites (tertiary alicyclic amines) is 1. The molecule has 2 saturated heterocycles. The number of carbonyl (C=O) groups excluding carboxylic acids is 2. The Kier molecular flexibility index (Phi) is 3.00. The second kappa shape index (κ2) is 4.94. The fraction of sp³-hybridized carbons (Fsp3) is 0.467. The van der Waals surface area contributed by atoms with Gasteiger partial charge < -0.3 is 14.3 Å². The predicted molar refractivity (Wildman–Crippen MR) is 79.8 cm³/mol. The number of hydrogen-bond donors (Lipinski definition) is 0. The lowest BCUT2D eigenvalue weighted by molar-refractivity contribution is -0.117. The van der Waals surface area contributed by atoms with E-state index in [0.29, 0.717) is 24.2 Å². The summed E-state index contributed by atoms with van der Waals surface area (Å²) in [4.78, 5) is 28.7. The van der Waals surface area contributed by atoms with Crippen LogP contribution >= 0.6 is 0 Å². The van der Waals surface area contributed by atoms with Gasteiger partial charge in [-0.2, -0.15) is 5.10 Å². The molecule has 2 aromatic heterocycles. The fourth-order valence-corrected chi connectivity index (χ4v) is 3.62. The zero-order valence-electron chi connectivity index (χ0n) is 13.0. The lowest BCUT2D eigenvalue weighted by atomic mass is 10.1. The monoisotopic (exact) mass is 315 g/mol. The van der Waals surface area contributed by atoms with Crippen LogP contribution in [0.15, 0.2) is 23.2 Å². The van der Waals surface area contributed by atoms with Gasteiger partial charge in [-0.3, -0.25) is 14.3 Å². The molecule has 2 atom stereocenters. The van der Waals surface area contributed by atoms with Crippen LogP contribution in [0.2, 0.25) is 0 Å². The molecule has 0 aliphatic carbocycles. The SMILES string of the molecule is Cc1nocc1C(=O)N1CCC2C1CC(=O)N2c1cnn(C)c1. The van der Waals surface area contributed by atoms with Crippen LogP contribution in [0, 0.1) is 6.92 Å². The number of rotatable bonds is 2. The van der Waals surface area contributed by atoms with Gasteiger partial charge in [-0.05, 0) is 13.3 Å². The Morgan fingerprint density at radius 1 is 1.39 bits per heavy atom. The topological polar surface area (TPSA) is 84.5 Å². The van der Waals surface area contributed by atoms with Crippen molar-refractivity contribution in [3.05, 3.63) is 29.9 Å². The highest BCUT2D eigenvalue weighted by atomic mass is 16.5. The Morgan fingerprint density at radius 3 is 2.87 bits per heavy atom. The van der Waals surface area contributed by atoms with E-state index in [1.807, 2.05) is 13.2 Å². The molecule has 0 radical (unpaired) electrons. The Labute approximate surface area is 132 Å². The Balaban J connectivity index is 1.61. The molecule has 0 bridgehead atoms. The van der Waals surface area contributed by atoms with E-state index < -0.39 is 0 Å². The Hall–Kier alpha value is -2.64. The molecule has 8 nitrogen and oxygen atoms in total. The van der Waals surface area contributed by atoms with Crippen LogP contribution in [0.1, 0.15) is 28.9 Å². The molecular formula is C15H17N5O3. The van der Waals surface area contributed by atoms with Crippen molar-refractivity contribution < 1.29 is 14.1 Å². The first-order chi connectivity index (χ1) is 11.1. The number of fused-ring (bicyclic) bond motifs is 1. The van der Waals surface area contributed by atoms with Gasteiger partial charge in [0, 0.05) is 26.2 Å². The van der Waals surface area contributed by atoms with Crippen molar-refractivity contribution in [1.82, 2.24) is 19.8 Å². The van der Waals surface area contributed by atoms with E-state index in [0.717, 1.165) is 12.1 Å². The third-order valence-corrected chi connectivity index (χ3v) is 4.71. The van der Waals surface area contributed by atoms with Gasteiger partial charge >= 0.3 is 0 Å². The molecule has 23 heavy (non-hydrogen) atoms. The zero-order chi connectivity index (χ0) is 16.1. The van der Waals surface area contributed by atoms with Gasteiger partial charge in [0.2, 0.25) is 5.91 Å². The highest BCUT2D eigenvalue weighted by Crippen LogP contribution is 2.36. The summed E-state index contributed by atoms with van der Waals surface area (Å²) in [7, 11) is 1.82. The first kappa shape index (κ1) is 14.0. The van der Waals surface area contributed by atoms with Crippen molar-refractivity contribution in [2.24, 2.45) is 7.05 Å². The molecule has 2 fully saturated rings. The van der Waals surface area contributed by atoms with Gasteiger partial charge in [0.15, 0.2) is 0 Å². The van der Waals surface area contributed by atoms with E-state index >= 15 is 0 Å². The number of aryl methyl sites for hydroxylation is 2. The van der Waals surface area contributed by atoms with Crippen molar-refractivity contribution in [2.75, 3.05) is 11.4 Å². The standard InChI is InChI=1S/C15H17N5O3/c1-9-11(8-23-17-9)15(22)19-4-3-12-13(19)5-14(21)20(12)10-6-16-18(2)7-10/h6-8,12-13H,3-5H2,1-2H3. The largest absolute Gasteiger partial charge is 0.364 e. The summed E-state index contributed by atoms with van der Waals surface area (Å²) in [6.45, 7) is 2.37. The molecule has 0 aromatic carbocycles. The minimum absolute atomic E-state index is 0.0100. The predicted octanol–water partition coefficient (Wildman–Crippen LogP) is 0.737. The maximum atomic E-state index is 12.7. The lowest BCUT2D eigenvalue weighted by Gasteiger charge is -2.24. The fourth-order valence-electron chi connectivity index (χ4n) is 3.62. The summed E-state index contributed by atoms with van der Waals surface area (Å²) in [5.41, 5.74) is 1.84. The number of carbonyl (C=O) groups is 2. The molecule has 4 rings (SSSR count). The quantitative estimate of drug-likeness (QED) is 0.816. The van der Waals surface area contributed by atoms with Crippen molar-refractivity contribution in [1.29, 1.82) is 0 Å². The second-order valence-electron chi connectivity index (χ2n) is 6.08. The van der Waals surface area contributed by atoms with Crippen LogP contribution in [0.25, 0.3) is 0 Å². The number of amides is 2. The third kappa shape index (κ3) is 2.05. The Morgan fingerprint density at radius 2 is 2.22 bits per heavy atom. The molecule has 120 valence electrons. The normalized spacial score (nSPS) is 23.7. The lowest BCUT2D eigenvalue weighted by Crippen LogP contribution is -2.40. The highest BCUT2D eigenvalue weighted by Gasteiger charge is 2.49. The van der Waals surface area contributed by atoms with E-state index in [9.17, 15) is 9.59 Å². The maximum Gasteiger partial charge on any atom is 0.259 e. The van der Waals surface area contributed by atoms with Crippen LogP contribution in [0.3, 0.4) is 0 Å². The third-order valence-electron chi connectivity index (χ3n) is 4.71. The summed E-state index contributed by atoms with van der Waals surface area (Å²) in [5, 5.41) is 7.90. The molecule has 0 N–H and O–H groups in total. The van der Waals surface area contributed by atoms with Crippen LogP contribution in [0.5, 0.6) is 0 Å². The van der Waals surface area contributed by atoms with Gasteiger partial charge in [-0.25, -0.2) is 0 Å². The molecule has 4 heterocycles. The van der Waals surface area contributed by atoms with Crippen molar-refractivity contribution in [3.8, 4) is 0 Å². The van der Waals surface area contributed by atoms with Gasteiger partial charge in [-0.15, -0.1) is 0 Å². The summed E-state index contributed by atoms with van der Waals surface area (Å²) in [6.07, 6.45) is 6.00. The van der Waals surface area contributed by atoms with Crippen LogP contribution in [-0.2, 0) is 11.8 Å². The molecule has 0 saturated carbocycles. The summed E-state index contributed by atoms with van der Waals surface area (Å²) in [5.74, 6) is -0.0790. The highest BCUT2D eigenvalue weighted by molar-refractivity contribution is 6.00. The molecule has 2 aliphatic rings. The minimum Gasteiger partial charge on any atom is -0.364 e. The van der Waals surface area contributed by atoms with Gasteiger partial charge in [-0.1, -0.05) is 5.16 Å². The molecule has 2 aromatic rings. The number of hydrogen-bond acceptors (Lipinski definition) is 5. The van der Waals surface area contributed by atoms with Gasteiger partial charge in [0.05, 0.1) is 29.7 Å². The van der Waals surface area contributed by atoms with Crippen molar-refractivity contribution in [3.63, 3.8) is 0 Å². The maximum absolute atomic E-state index is 12.7. The summed E-state index contributed by atoms with van der Waals surface area (Å²) < 4.78 is 6.54. The van der Waals surface area contributed by atoms with Crippen molar-refractivity contribution >= 4 is 17.5 Å². The van der Waals surface area contributed by atoms with Gasteiger partial charge in [0.1, 0.15) is 11.8 Å². The summed E-state index contributed by atoms with van der Waals surface area (Å²) >= 11 is 0. The molecule has 2 amide bonds. The first-order valence-corrected chi connectivity index (χ1v) is 7.59. The van der Waals surface area contributed by atoms with E-state index in [1.165, 1.54) is 6.26 Å². The smallest absolute Gasteiger partial charge is 0.259 e. The molecule has 8 heteroatoms. The molecular weight excluding hydrogens is 298 g/mol. The average molecular weight is 315 g/mol. The van der Waals surface area contributed by atoms with E-state index in [1.54, 1.807) is 27.6 Å². The minimum atomic E-state index is -0.114. The zero-order valence-corrected chi connectivity index (χ0v) is 13.0. The second-order valence-corrected chi connectivity index (χ2v) is 6.08. The van der Waals surface area contributed by atoms with Crippen LogP contribution in [-0.4, -0.2) is 50.3 Å². The first-order valence-electron chi connectivity index (χ1n) is 7.59. The van der Waals surface area contributed by atoms with E-state index in [4.69, 9.17) is 4.52 Å².